The van der Waals surface area contributed by atoms with Crippen LogP contribution >= 0.6 is 0 Å². The molecule has 0 aliphatic carbocycles. The summed E-state index contributed by atoms with van der Waals surface area (Å²) in [5, 5.41) is 6.42. The molecule has 102 valence electrons. The van der Waals surface area contributed by atoms with Crippen LogP contribution in [0.5, 0.6) is 0 Å². The molecule has 5 heteroatoms. The molecule has 0 aliphatic heterocycles. The van der Waals surface area contributed by atoms with Crippen LogP contribution in [-0.4, -0.2) is 29.1 Å². The second-order valence-corrected chi connectivity index (χ2v) is 5.24. The molecule has 0 bridgehead atoms. The number of aryl methyl sites for hydroxylation is 1. The second kappa shape index (κ2) is 5.40. The molecule has 2 aromatic rings. The van der Waals surface area contributed by atoms with Gasteiger partial charge in [0, 0.05) is 24.5 Å². The zero-order valence-electron chi connectivity index (χ0n) is 11.8. The third kappa shape index (κ3) is 3.54. The molecular weight excluding hydrogens is 240 g/mol. The van der Waals surface area contributed by atoms with Gasteiger partial charge in [-0.25, -0.2) is 9.97 Å². The first-order valence-corrected chi connectivity index (χ1v) is 6.32. The molecule has 2 N–H and O–H groups in total. The standard InChI is InChI=1S/C14H20N4O/c1-10-5-6-12(19-10)11-7-16-13(17-8-11)18-14(2,3)9-15-4/h5-8,15H,9H2,1-4H3,(H,16,17,18). The lowest BCUT2D eigenvalue weighted by molar-refractivity contribution is 0.526. The van der Waals surface area contributed by atoms with Gasteiger partial charge in [-0.3, -0.25) is 0 Å². The van der Waals surface area contributed by atoms with Crippen LogP contribution in [0.1, 0.15) is 19.6 Å². The largest absolute Gasteiger partial charge is 0.461 e. The summed E-state index contributed by atoms with van der Waals surface area (Å²) in [7, 11) is 1.92. The summed E-state index contributed by atoms with van der Waals surface area (Å²) in [6, 6.07) is 3.85. The number of rotatable bonds is 5. The van der Waals surface area contributed by atoms with Gasteiger partial charge in [-0.1, -0.05) is 0 Å². The predicted molar refractivity (Wildman–Crippen MR) is 76.1 cm³/mol. The highest BCUT2D eigenvalue weighted by atomic mass is 16.3. The Morgan fingerprint density at radius 3 is 2.42 bits per heavy atom. The van der Waals surface area contributed by atoms with E-state index in [-0.39, 0.29) is 5.54 Å². The van der Waals surface area contributed by atoms with Crippen molar-refractivity contribution >= 4 is 5.95 Å². The van der Waals surface area contributed by atoms with E-state index in [9.17, 15) is 0 Å². The van der Waals surface area contributed by atoms with E-state index in [4.69, 9.17) is 4.42 Å². The minimum atomic E-state index is -0.0997. The van der Waals surface area contributed by atoms with Crippen molar-refractivity contribution in [3.63, 3.8) is 0 Å². The fourth-order valence-electron chi connectivity index (χ4n) is 1.90. The normalized spacial score (nSPS) is 11.6. The summed E-state index contributed by atoms with van der Waals surface area (Å²) in [5.74, 6) is 2.29. The quantitative estimate of drug-likeness (QED) is 0.864. The molecule has 0 unspecified atom stereocenters. The fraction of sp³-hybridized carbons (Fsp3) is 0.429. The Morgan fingerprint density at radius 2 is 1.89 bits per heavy atom. The van der Waals surface area contributed by atoms with Gasteiger partial charge in [0.05, 0.1) is 5.56 Å². The second-order valence-electron chi connectivity index (χ2n) is 5.24. The average Bonchev–Trinajstić information content (AvgIpc) is 2.76. The highest BCUT2D eigenvalue weighted by Crippen LogP contribution is 2.21. The first-order valence-electron chi connectivity index (χ1n) is 6.32. The Kier molecular flexibility index (Phi) is 3.85. The Bertz CT molecular complexity index is 531. The SMILES string of the molecule is CNCC(C)(C)Nc1ncc(-c2ccc(C)o2)cn1. The van der Waals surface area contributed by atoms with E-state index in [1.807, 2.05) is 26.1 Å². The number of anilines is 1. The van der Waals surface area contributed by atoms with Gasteiger partial charge in [0.25, 0.3) is 0 Å². The Hall–Kier alpha value is -1.88. The summed E-state index contributed by atoms with van der Waals surface area (Å²) in [5.41, 5.74) is 0.780. The van der Waals surface area contributed by atoms with Crippen molar-refractivity contribution in [1.29, 1.82) is 0 Å². The molecule has 5 nitrogen and oxygen atoms in total. The van der Waals surface area contributed by atoms with Crippen LogP contribution in [0.3, 0.4) is 0 Å². The number of hydrogen-bond acceptors (Lipinski definition) is 5. The fourth-order valence-corrected chi connectivity index (χ4v) is 1.90. The van der Waals surface area contributed by atoms with Crippen LogP contribution in [0.2, 0.25) is 0 Å². The molecule has 0 aliphatic rings. The van der Waals surface area contributed by atoms with Crippen LogP contribution in [0.15, 0.2) is 28.9 Å². The van der Waals surface area contributed by atoms with E-state index in [1.165, 1.54) is 0 Å². The van der Waals surface area contributed by atoms with Crippen LogP contribution in [0, 0.1) is 6.92 Å². The molecule has 2 aromatic heterocycles. The van der Waals surface area contributed by atoms with E-state index in [2.05, 4.69) is 34.4 Å². The molecule has 0 saturated heterocycles. The van der Waals surface area contributed by atoms with Gasteiger partial charge in [0.15, 0.2) is 0 Å². The van der Waals surface area contributed by atoms with Gasteiger partial charge in [-0.15, -0.1) is 0 Å². The molecule has 0 aromatic carbocycles. The third-order valence-corrected chi connectivity index (χ3v) is 2.75. The molecule has 0 atom stereocenters. The number of nitrogens with one attached hydrogen (secondary N) is 2. The molecule has 0 amide bonds. The van der Waals surface area contributed by atoms with Crippen molar-refractivity contribution in [2.75, 3.05) is 18.9 Å². The maximum absolute atomic E-state index is 5.54. The Morgan fingerprint density at radius 1 is 1.21 bits per heavy atom. The molecule has 0 spiro atoms. The van der Waals surface area contributed by atoms with Crippen molar-refractivity contribution in [1.82, 2.24) is 15.3 Å². The van der Waals surface area contributed by atoms with E-state index >= 15 is 0 Å². The van der Waals surface area contributed by atoms with Gasteiger partial charge in [0.2, 0.25) is 5.95 Å². The zero-order chi connectivity index (χ0) is 13.9. The van der Waals surface area contributed by atoms with Gasteiger partial charge < -0.3 is 15.1 Å². The summed E-state index contributed by atoms with van der Waals surface area (Å²) in [6.07, 6.45) is 3.53. The zero-order valence-corrected chi connectivity index (χ0v) is 11.8. The van der Waals surface area contributed by atoms with Crippen LogP contribution in [0.4, 0.5) is 5.95 Å². The minimum absolute atomic E-state index is 0.0997. The number of aromatic nitrogens is 2. The summed E-state index contributed by atoms with van der Waals surface area (Å²) in [6.45, 7) is 6.93. The van der Waals surface area contributed by atoms with E-state index in [1.54, 1.807) is 12.4 Å². The lowest BCUT2D eigenvalue weighted by atomic mass is 10.1. The number of furan rings is 1. The number of hydrogen-bond donors (Lipinski definition) is 2. The summed E-state index contributed by atoms with van der Waals surface area (Å²) < 4.78 is 5.54. The average molecular weight is 260 g/mol. The molecule has 2 heterocycles. The molecule has 2 rings (SSSR count). The first-order chi connectivity index (χ1) is 9.00. The molecule has 0 fully saturated rings. The summed E-state index contributed by atoms with van der Waals surface area (Å²) >= 11 is 0. The minimum Gasteiger partial charge on any atom is -0.461 e. The molecule has 0 radical (unpaired) electrons. The van der Waals surface area contributed by atoms with Crippen LogP contribution < -0.4 is 10.6 Å². The maximum Gasteiger partial charge on any atom is 0.223 e. The van der Waals surface area contributed by atoms with Crippen LogP contribution in [0.25, 0.3) is 11.3 Å². The third-order valence-electron chi connectivity index (χ3n) is 2.75. The molecular formula is C14H20N4O. The number of likely N-dealkylation sites (N-methyl/N-ethyl adjacent to an activating group) is 1. The van der Waals surface area contributed by atoms with E-state index in [0.717, 1.165) is 23.6 Å². The lowest BCUT2D eigenvalue weighted by Crippen LogP contribution is -2.41. The maximum atomic E-state index is 5.54. The van der Waals surface area contributed by atoms with Crippen LogP contribution in [-0.2, 0) is 0 Å². The topological polar surface area (TPSA) is 63.0 Å². The van der Waals surface area contributed by atoms with Gasteiger partial charge in [-0.05, 0) is 40.0 Å². The van der Waals surface area contributed by atoms with Crippen molar-refractivity contribution < 1.29 is 4.42 Å². The van der Waals surface area contributed by atoms with Gasteiger partial charge in [0.1, 0.15) is 11.5 Å². The van der Waals surface area contributed by atoms with Crippen molar-refractivity contribution in [2.24, 2.45) is 0 Å². The van der Waals surface area contributed by atoms with Gasteiger partial charge in [-0.2, -0.15) is 0 Å². The Balaban J connectivity index is 2.10. The van der Waals surface area contributed by atoms with E-state index in [0.29, 0.717) is 5.95 Å². The van der Waals surface area contributed by atoms with Crippen molar-refractivity contribution in [3.8, 4) is 11.3 Å². The first kappa shape index (κ1) is 13.5. The lowest BCUT2D eigenvalue weighted by Gasteiger charge is -2.25. The van der Waals surface area contributed by atoms with E-state index < -0.39 is 0 Å². The highest BCUT2D eigenvalue weighted by molar-refractivity contribution is 5.55. The molecule has 19 heavy (non-hydrogen) atoms. The van der Waals surface area contributed by atoms with Gasteiger partial charge >= 0.3 is 0 Å². The smallest absolute Gasteiger partial charge is 0.223 e. The monoisotopic (exact) mass is 260 g/mol. The van der Waals surface area contributed by atoms with Crippen molar-refractivity contribution in [3.05, 3.63) is 30.3 Å². The number of nitrogens with zero attached hydrogens (tertiary/aromatic N) is 2. The van der Waals surface area contributed by atoms with Crippen molar-refractivity contribution in [2.45, 2.75) is 26.3 Å². The Labute approximate surface area is 113 Å². The predicted octanol–water partition coefficient (Wildman–Crippen LogP) is 2.45. The highest BCUT2D eigenvalue weighted by Gasteiger charge is 2.17. The summed E-state index contributed by atoms with van der Waals surface area (Å²) in [4.78, 5) is 8.64. The molecule has 0 saturated carbocycles.